The van der Waals surface area contributed by atoms with Gasteiger partial charge in [-0.15, -0.1) is 0 Å². The molecule has 1 aromatic carbocycles. The second-order valence-electron chi connectivity index (χ2n) is 5.50. The highest BCUT2D eigenvalue weighted by molar-refractivity contribution is 6.29. The van der Waals surface area contributed by atoms with Crippen molar-refractivity contribution in [3.63, 3.8) is 0 Å². The van der Waals surface area contributed by atoms with Gasteiger partial charge < -0.3 is 0 Å². The van der Waals surface area contributed by atoms with E-state index < -0.39 is 11.6 Å². The smallest absolute Gasteiger partial charge is 0.151 e. The van der Waals surface area contributed by atoms with Crippen molar-refractivity contribution < 1.29 is 8.78 Å². The maximum Gasteiger partial charge on any atom is 0.151 e. The van der Waals surface area contributed by atoms with Crippen LogP contribution in [0.4, 0.5) is 8.78 Å². The number of benzene rings is 1. The highest BCUT2D eigenvalue weighted by atomic mass is 35.5. The van der Waals surface area contributed by atoms with Crippen LogP contribution in [0.5, 0.6) is 0 Å². The first-order chi connectivity index (χ1) is 10.4. The minimum atomic E-state index is -0.543. The summed E-state index contributed by atoms with van der Waals surface area (Å²) in [6, 6.07) is 4.41. The third-order valence-electron chi connectivity index (χ3n) is 3.62. The maximum absolute atomic E-state index is 14.4. The Labute approximate surface area is 131 Å². The van der Waals surface area contributed by atoms with Crippen molar-refractivity contribution in [2.75, 3.05) is 0 Å². The number of nitrogens with zero attached hydrogens (tertiary/aromatic N) is 3. The normalized spacial score (nSPS) is 11.6. The molecule has 0 aliphatic carbocycles. The summed E-state index contributed by atoms with van der Waals surface area (Å²) < 4.78 is 30.0. The van der Waals surface area contributed by atoms with Gasteiger partial charge in [0.2, 0.25) is 0 Å². The summed E-state index contributed by atoms with van der Waals surface area (Å²) in [6.45, 7) is 4.01. The van der Waals surface area contributed by atoms with Crippen molar-refractivity contribution >= 4 is 22.5 Å². The van der Waals surface area contributed by atoms with Gasteiger partial charge in [0.15, 0.2) is 5.82 Å². The van der Waals surface area contributed by atoms with Gasteiger partial charge in [0.05, 0.1) is 6.20 Å². The molecular formula is C16H14ClF2N3. The fourth-order valence-corrected chi connectivity index (χ4v) is 2.91. The minimum Gasteiger partial charge on any atom is -0.271 e. The van der Waals surface area contributed by atoms with Gasteiger partial charge in [0.1, 0.15) is 16.5 Å². The molecule has 0 spiro atoms. The van der Waals surface area contributed by atoms with Crippen LogP contribution in [0.3, 0.4) is 0 Å². The molecule has 0 unspecified atom stereocenters. The number of hydrogen-bond acceptors (Lipinski definition) is 2. The summed E-state index contributed by atoms with van der Waals surface area (Å²) in [7, 11) is 1.78. The Balaban J connectivity index is 2.32. The Hall–Kier alpha value is -2.01. The first-order valence-electron chi connectivity index (χ1n) is 6.86. The summed E-state index contributed by atoms with van der Waals surface area (Å²) in [5, 5.41) is 5.06. The topological polar surface area (TPSA) is 30.7 Å². The molecule has 0 radical (unpaired) electrons. The first kappa shape index (κ1) is 14.9. The Morgan fingerprint density at radius 1 is 1.14 bits per heavy atom. The van der Waals surface area contributed by atoms with E-state index in [0.717, 1.165) is 11.9 Å². The molecule has 0 N–H and O–H groups in total. The summed E-state index contributed by atoms with van der Waals surface area (Å²) in [5.74, 6) is -0.865. The van der Waals surface area contributed by atoms with E-state index in [9.17, 15) is 8.78 Å². The molecule has 3 nitrogen and oxygen atoms in total. The van der Waals surface area contributed by atoms with E-state index >= 15 is 0 Å². The average molecular weight is 322 g/mol. The lowest BCUT2D eigenvalue weighted by Gasteiger charge is -2.08. The van der Waals surface area contributed by atoms with E-state index in [4.69, 9.17) is 11.6 Å². The van der Waals surface area contributed by atoms with Gasteiger partial charge in [-0.05, 0) is 29.7 Å². The summed E-state index contributed by atoms with van der Waals surface area (Å²) >= 11 is 5.82. The number of aromatic nitrogens is 3. The molecule has 3 aromatic rings. The molecule has 2 aromatic heterocycles. The van der Waals surface area contributed by atoms with Crippen LogP contribution in [0.2, 0.25) is 5.15 Å². The highest BCUT2D eigenvalue weighted by Gasteiger charge is 2.18. The van der Waals surface area contributed by atoms with E-state index in [1.165, 1.54) is 12.1 Å². The predicted octanol–water partition coefficient (Wildman–Crippen LogP) is 4.69. The number of fused-ring (bicyclic) bond motifs is 1. The molecule has 0 saturated heterocycles. The fourth-order valence-electron chi connectivity index (χ4n) is 2.75. The van der Waals surface area contributed by atoms with E-state index in [2.05, 4.69) is 10.1 Å². The largest absolute Gasteiger partial charge is 0.271 e. The standard InChI is InChI=1S/C16H14ClF2N3/c1-8(2)16-11-4-9(5-12(18)15(11)21-22(16)3)10-6-14(17)20-7-13(10)19/h4-8H,1-3H3. The molecule has 0 aliphatic rings. The van der Waals surface area contributed by atoms with Gasteiger partial charge in [0.25, 0.3) is 0 Å². The summed E-state index contributed by atoms with van der Waals surface area (Å²) in [6.07, 6.45) is 1.03. The molecule has 0 bridgehead atoms. The van der Waals surface area contributed by atoms with Crippen molar-refractivity contribution in [1.29, 1.82) is 0 Å². The third-order valence-corrected chi connectivity index (χ3v) is 3.82. The molecule has 0 fully saturated rings. The van der Waals surface area contributed by atoms with Crippen LogP contribution in [0, 0.1) is 11.6 Å². The Kier molecular flexibility index (Phi) is 3.60. The zero-order valence-electron chi connectivity index (χ0n) is 12.4. The first-order valence-corrected chi connectivity index (χ1v) is 7.24. The quantitative estimate of drug-likeness (QED) is 0.641. The van der Waals surface area contributed by atoms with E-state index in [0.29, 0.717) is 10.9 Å². The van der Waals surface area contributed by atoms with Crippen molar-refractivity contribution in [3.05, 3.63) is 46.9 Å². The van der Waals surface area contributed by atoms with Crippen LogP contribution in [0.15, 0.2) is 24.4 Å². The lowest BCUT2D eigenvalue weighted by atomic mass is 10.00. The molecule has 0 atom stereocenters. The van der Waals surface area contributed by atoms with Crippen LogP contribution in [0.1, 0.15) is 25.5 Å². The van der Waals surface area contributed by atoms with Crippen molar-refractivity contribution in [3.8, 4) is 11.1 Å². The lowest BCUT2D eigenvalue weighted by molar-refractivity contribution is 0.622. The minimum absolute atomic E-state index is 0.159. The van der Waals surface area contributed by atoms with Crippen LogP contribution < -0.4 is 0 Å². The molecule has 6 heteroatoms. The van der Waals surface area contributed by atoms with Gasteiger partial charge >= 0.3 is 0 Å². The molecule has 22 heavy (non-hydrogen) atoms. The summed E-state index contributed by atoms with van der Waals surface area (Å²) in [5.41, 5.74) is 1.83. The predicted molar refractivity (Wildman–Crippen MR) is 83.0 cm³/mol. The lowest BCUT2D eigenvalue weighted by Crippen LogP contribution is -1.99. The summed E-state index contributed by atoms with van der Waals surface area (Å²) in [4.78, 5) is 3.68. The van der Waals surface area contributed by atoms with E-state index in [1.54, 1.807) is 17.8 Å². The zero-order chi connectivity index (χ0) is 16.0. The van der Waals surface area contributed by atoms with Gasteiger partial charge in [-0.2, -0.15) is 5.10 Å². The van der Waals surface area contributed by atoms with Crippen molar-refractivity contribution in [2.45, 2.75) is 19.8 Å². The number of rotatable bonds is 2. The van der Waals surface area contributed by atoms with Gasteiger partial charge in [-0.25, -0.2) is 13.8 Å². The monoisotopic (exact) mass is 321 g/mol. The van der Waals surface area contributed by atoms with Crippen LogP contribution in [-0.4, -0.2) is 14.8 Å². The molecule has 2 heterocycles. The molecule has 0 saturated carbocycles. The maximum atomic E-state index is 14.4. The van der Waals surface area contributed by atoms with Crippen molar-refractivity contribution in [2.24, 2.45) is 7.05 Å². The van der Waals surface area contributed by atoms with Crippen molar-refractivity contribution in [1.82, 2.24) is 14.8 Å². The van der Waals surface area contributed by atoms with Gasteiger partial charge in [-0.3, -0.25) is 4.68 Å². The van der Waals surface area contributed by atoms with Crippen LogP contribution >= 0.6 is 11.6 Å². The molecule has 114 valence electrons. The molecular weight excluding hydrogens is 308 g/mol. The van der Waals surface area contributed by atoms with Gasteiger partial charge in [-0.1, -0.05) is 25.4 Å². The third kappa shape index (κ3) is 2.35. The van der Waals surface area contributed by atoms with E-state index in [-0.39, 0.29) is 22.2 Å². The molecule has 0 aliphatic heterocycles. The van der Waals surface area contributed by atoms with Gasteiger partial charge in [0, 0.05) is 23.7 Å². The number of hydrogen-bond donors (Lipinski definition) is 0. The highest BCUT2D eigenvalue weighted by Crippen LogP contribution is 2.33. The van der Waals surface area contributed by atoms with Crippen LogP contribution in [-0.2, 0) is 7.05 Å². The molecule has 3 rings (SSSR count). The average Bonchev–Trinajstić information content (AvgIpc) is 2.78. The Morgan fingerprint density at radius 3 is 2.55 bits per heavy atom. The zero-order valence-corrected chi connectivity index (χ0v) is 13.1. The Bertz CT molecular complexity index is 871. The molecule has 0 amide bonds. The number of halogens is 3. The second kappa shape index (κ2) is 5.32. The fraction of sp³-hybridized carbons (Fsp3) is 0.250. The SMILES string of the molecule is CC(C)c1c2cc(-c3cc(Cl)ncc3F)cc(F)c2nn1C. The number of pyridine rings is 1. The number of aryl methyl sites for hydroxylation is 1. The Morgan fingerprint density at radius 2 is 1.86 bits per heavy atom. The van der Waals surface area contributed by atoms with E-state index in [1.807, 2.05) is 13.8 Å². The van der Waals surface area contributed by atoms with Crippen LogP contribution in [0.25, 0.3) is 22.0 Å². The second-order valence-corrected chi connectivity index (χ2v) is 5.89.